The maximum absolute atomic E-state index is 12.4. The van der Waals surface area contributed by atoms with E-state index in [-0.39, 0.29) is 5.91 Å². The number of anilines is 1. The lowest BCUT2D eigenvalue weighted by Gasteiger charge is -2.18. The number of rotatable bonds is 5. The van der Waals surface area contributed by atoms with E-state index in [2.05, 4.69) is 27.9 Å². The number of amides is 1. The Morgan fingerprint density at radius 3 is 2.45 bits per heavy atom. The Morgan fingerprint density at radius 2 is 1.86 bits per heavy atom. The van der Waals surface area contributed by atoms with Crippen molar-refractivity contribution in [3.8, 4) is 5.75 Å². The maximum atomic E-state index is 12.4. The van der Waals surface area contributed by atoms with Crippen LogP contribution in [0.25, 0.3) is 0 Å². The molecule has 4 heteroatoms. The van der Waals surface area contributed by atoms with Gasteiger partial charge >= 0.3 is 0 Å². The number of hydrogen-bond acceptors (Lipinski definition) is 2. The first kappa shape index (κ1) is 16.8. The van der Waals surface area contributed by atoms with E-state index in [1.165, 1.54) is 5.56 Å². The van der Waals surface area contributed by atoms with Gasteiger partial charge in [0.1, 0.15) is 5.75 Å². The van der Waals surface area contributed by atoms with Crippen LogP contribution in [0.4, 0.5) is 5.69 Å². The third kappa shape index (κ3) is 4.47. The van der Waals surface area contributed by atoms with Gasteiger partial charge in [0.15, 0.2) is 6.10 Å². The number of benzene rings is 2. The minimum atomic E-state index is -0.499. The molecule has 0 aliphatic rings. The van der Waals surface area contributed by atoms with Gasteiger partial charge < -0.3 is 10.1 Å². The molecular formula is C18H20INO2. The lowest BCUT2D eigenvalue weighted by atomic mass is 10.2. The van der Waals surface area contributed by atoms with E-state index in [9.17, 15) is 4.79 Å². The van der Waals surface area contributed by atoms with Crippen molar-refractivity contribution >= 4 is 34.2 Å². The minimum Gasteiger partial charge on any atom is -0.481 e. The van der Waals surface area contributed by atoms with Crippen molar-refractivity contribution in [1.29, 1.82) is 0 Å². The topological polar surface area (TPSA) is 38.3 Å². The second-order valence-corrected chi connectivity index (χ2v) is 6.52. The zero-order valence-corrected chi connectivity index (χ0v) is 15.2. The molecule has 0 bridgehead atoms. The zero-order valence-electron chi connectivity index (χ0n) is 13.0. The van der Waals surface area contributed by atoms with Crippen molar-refractivity contribution in [3.63, 3.8) is 0 Å². The fraction of sp³-hybridized carbons (Fsp3) is 0.278. The summed E-state index contributed by atoms with van der Waals surface area (Å²) in [6.07, 6.45) is 0.115. The summed E-state index contributed by atoms with van der Waals surface area (Å²) in [7, 11) is 0. The maximum Gasteiger partial charge on any atom is 0.265 e. The highest BCUT2D eigenvalue weighted by Crippen LogP contribution is 2.20. The average Bonchev–Trinajstić information content (AvgIpc) is 2.49. The van der Waals surface area contributed by atoms with Crippen LogP contribution >= 0.6 is 22.6 Å². The highest BCUT2D eigenvalue weighted by Gasteiger charge is 2.19. The minimum absolute atomic E-state index is 0.118. The summed E-state index contributed by atoms with van der Waals surface area (Å²) >= 11 is 2.26. The fourth-order valence-electron chi connectivity index (χ4n) is 2.08. The Hall–Kier alpha value is -1.56. The van der Waals surface area contributed by atoms with Crippen LogP contribution in [0.15, 0.2) is 42.5 Å². The summed E-state index contributed by atoms with van der Waals surface area (Å²) in [4.78, 5) is 12.4. The van der Waals surface area contributed by atoms with E-state index in [0.717, 1.165) is 14.8 Å². The van der Waals surface area contributed by atoms with Gasteiger partial charge in [0.2, 0.25) is 0 Å². The van der Waals surface area contributed by atoms with E-state index in [1.54, 1.807) is 0 Å². The number of halogens is 1. The third-order valence-electron chi connectivity index (χ3n) is 3.41. The highest BCUT2D eigenvalue weighted by atomic mass is 127. The Bertz CT molecular complexity index is 653. The summed E-state index contributed by atoms with van der Waals surface area (Å²) in [6, 6.07) is 13.7. The largest absolute Gasteiger partial charge is 0.481 e. The summed E-state index contributed by atoms with van der Waals surface area (Å²) < 4.78 is 6.95. The van der Waals surface area contributed by atoms with Gasteiger partial charge in [0.25, 0.3) is 5.91 Å². The number of hydrogen-bond donors (Lipinski definition) is 1. The Balaban J connectivity index is 2.06. The zero-order chi connectivity index (χ0) is 16.1. The molecule has 0 aromatic heterocycles. The monoisotopic (exact) mass is 409 g/mol. The summed E-state index contributed by atoms with van der Waals surface area (Å²) in [6.45, 7) is 5.95. The Morgan fingerprint density at radius 1 is 1.18 bits per heavy atom. The fourth-order valence-corrected chi connectivity index (χ4v) is 2.73. The Kier molecular flexibility index (Phi) is 5.83. The van der Waals surface area contributed by atoms with Crippen LogP contribution in [0, 0.1) is 17.4 Å². The van der Waals surface area contributed by atoms with Crippen LogP contribution in [0.2, 0.25) is 0 Å². The van der Waals surface area contributed by atoms with E-state index in [0.29, 0.717) is 12.2 Å². The molecule has 3 nitrogen and oxygen atoms in total. The molecule has 0 heterocycles. The number of carbonyl (C=O) groups excluding carboxylic acids is 1. The molecular weight excluding hydrogens is 389 g/mol. The standard InChI is InChI=1S/C18H20INO2/c1-4-17(22-15-8-5-12(2)6-9-15)18(21)20-16-10-7-14(19)11-13(16)3/h5-11,17H,4H2,1-3H3,(H,20,21)/t17-/m1/s1. The van der Waals surface area contributed by atoms with Gasteiger partial charge in [-0.25, -0.2) is 0 Å². The predicted octanol–water partition coefficient (Wildman–Crippen LogP) is 4.70. The first-order valence-electron chi connectivity index (χ1n) is 7.30. The number of carbonyl (C=O) groups is 1. The van der Waals surface area contributed by atoms with Crippen LogP contribution in [-0.4, -0.2) is 12.0 Å². The van der Waals surface area contributed by atoms with Gasteiger partial charge in [-0.3, -0.25) is 4.79 Å². The average molecular weight is 409 g/mol. The van der Waals surface area contributed by atoms with Crippen LogP contribution in [0.1, 0.15) is 24.5 Å². The number of ether oxygens (including phenoxy) is 1. The molecule has 1 amide bonds. The summed E-state index contributed by atoms with van der Waals surface area (Å²) in [5, 5.41) is 2.95. The van der Waals surface area contributed by atoms with Crippen molar-refractivity contribution in [2.75, 3.05) is 5.32 Å². The quantitative estimate of drug-likeness (QED) is 0.727. The normalized spacial score (nSPS) is 11.8. The molecule has 2 aromatic carbocycles. The van der Waals surface area contributed by atoms with E-state index < -0.39 is 6.10 Å². The van der Waals surface area contributed by atoms with Gasteiger partial charge in [-0.2, -0.15) is 0 Å². The van der Waals surface area contributed by atoms with Crippen LogP contribution < -0.4 is 10.1 Å². The van der Waals surface area contributed by atoms with Gasteiger partial charge in [0.05, 0.1) is 0 Å². The molecule has 2 aromatic rings. The molecule has 0 aliphatic carbocycles. The van der Waals surface area contributed by atoms with Gasteiger partial charge in [-0.1, -0.05) is 24.6 Å². The predicted molar refractivity (Wildman–Crippen MR) is 98.4 cm³/mol. The first-order valence-corrected chi connectivity index (χ1v) is 8.38. The molecule has 116 valence electrons. The third-order valence-corrected chi connectivity index (χ3v) is 4.08. The summed E-state index contributed by atoms with van der Waals surface area (Å²) in [5.74, 6) is 0.597. The van der Waals surface area contributed by atoms with E-state index in [4.69, 9.17) is 4.74 Å². The molecule has 1 N–H and O–H groups in total. The molecule has 0 aliphatic heterocycles. The molecule has 2 rings (SSSR count). The molecule has 0 radical (unpaired) electrons. The second-order valence-electron chi connectivity index (χ2n) is 5.28. The van der Waals surface area contributed by atoms with Crippen LogP contribution in [0.5, 0.6) is 5.75 Å². The van der Waals surface area contributed by atoms with Crippen molar-refractivity contribution in [2.24, 2.45) is 0 Å². The van der Waals surface area contributed by atoms with Crippen molar-refractivity contribution < 1.29 is 9.53 Å². The molecule has 0 saturated carbocycles. The molecule has 0 unspecified atom stereocenters. The molecule has 0 saturated heterocycles. The molecule has 1 atom stereocenters. The van der Waals surface area contributed by atoms with E-state index >= 15 is 0 Å². The smallest absolute Gasteiger partial charge is 0.265 e. The first-order chi connectivity index (χ1) is 10.5. The van der Waals surface area contributed by atoms with Gasteiger partial charge in [-0.05, 0) is 78.8 Å². The van der Waals surface area contributed by atoms with Crippen molar-refractivity contribution in [2.45, 2.75) is 33.3 Å². The SMILES string of the molecule is CC[C@@H](Oc1ccc(C)cc1)C(=O)Nc1ccc(I)cc1C. The van der Waals surface area contributed by atoms with Gasteiger partial charge in [-0.15, -0.1) is 0 Å². The van der Waals surface area contributed by atoms with Crippen LogP contribution in [0.3, 0.4) is 0 Å². The Labute approximate surface area is 145 Å². The molecule has 0 spiro atoms. The number of aryl methyl sites for hydroxylation is 2. The van der Waals surface area contributed by atoms with Crippen molar-refractivity contribution in [1.82, 2.24) is 0 Å². The van der Waals surface area contributed by atoms with E-state index in [1.807, 2.05) is 63.2 Å². The lowest BCUT2D eigenvalue weighted by molar-refractivity contribution is -0.122. The lowest BCUT2D eigenvalue weighted by Crippen LogP contribution is -2.32. The van der Waals surface area contributed by atoms with Crippen molar-refractivity contribution in [3.05, 3.63) is 57.2 Å². The summed E-state index contributed by atoms with van der Waals surface area (Å²) in [5.41, 5.74) is 3.04. The second kappa shape index (κ2) is 7.63. The van der Waals surface area contributed by atoms with Crippen LogP contribution in [-0.2, 0) is 4.79 Å². The molecule has 22 heavy (non-hydrogen) atoms. The molecule has 0 fully saturated rings. The van der Waals surface area contributed by atoms with Gasteiger partial charge in [0, 0.05) is 9.26 Å². The highest BCUT2D eigenvalue weighted by molar-refractivity contribution is 14.1. The number of nitrogens with one attached hydrogen (secondary N) is 1.